The Morgan fingerprint density at radius 1 is 1.14 bits per heavy atom. The zero-order valence-electron chi connectivity index (χ0n) is 12.1. The molecule has 1 N–H and O–H groups in total. The number of thioether (sulfide) groups is 1. The summed E-state index contributed by atoms with van der Waals surface area (Å²) in [6.45, 7) is 1.48. The van der Waals surface area contributed by atoms with Crippen LogP contribution in [0.3, 0.4) is 0 Å². The van der Waals surface area contributed by atoms with E-state index in [2.05, 4.69) is 5.32 Å². The van der Waals surface area contributed by atoms with E-state index in [1.807, 2.05) is 0 Å². The minimum Gasteiger partial charge on any atom is -0.326 e. The Labute approximate surface area is 132 Å². The monoisotopic (exact) mass is 317 g/mol. The molecule has 0 radical (unpaired) electrons. The lowest BCUT2D eigenvalue weighted by Gasteiger charge is -2.06. The Bertz CT molecular complexity index is 688. The first-order valence-electron chi connectivity index (χ1n) is 6.84. The molecule has 0 unspecified atom stereocenters. The summed E-state index contributed by atoms with van der Waals surface area (Å²) in [5.74, 6) is -0.00285. The van der Waals surface area contributed by atoms with Crippen LogP contribution in [0.4, 0.5) is 10.1 Å². The van der Waals surface area contributed by atoms with Crippen molar-refractivity contribution < 1.29 is 14.0 Å². The van der Waals surface area contributed by atoms with Crippen LogP contribution in [-0.4, -0.2) is 17.4 Å². The second kappa shape index (κ2) is 7.75. The molecule has 0 aromatic heterocycles. The molecule has 5 heteroatoms. The van der Waals surface area contributed by atoms with Crippen LogP contribution in [-0.2, 0) is 4.79 Å². The number of hydrogen-bond acceptors (Lipinski definition) is 3. The fourth-order valence-electron chi connectivity index (χ4n) is 1.85. The van der Waals surface area contributed by atoms with Crippen molar-refractivity contribution in [2.45, 2.75) is 18.2 Å². The number of hydrogen-bond donors (Lipinski definition) is 1. The highest BCUT2D eigenvalue weighted by Gasteiger charge is 2.06. The third-order valence-electron chi connectivity index (χ3n) is 2.98. The van der Waals surface area contributed by atoms with Gasteiger partial charge in [0.2, 0.25) is 5.91 Å². The largest absolute Gasteiger partial charge is 0.326 e. The summed E-state index contributed by atoms with van der Waals surface area (Å²) in [6, 6.07) is 13.3. The van der Waals surface area contributed by atoms with Crippen molar-refractivity contribution in [2.75, 3.05) is 11.1 Å². The fraction of sp³-hybridized carbons (Fsp3) is 0.176. The van der Waals surface area contributed by atoms with E-state index in [0.29, 0.717) is 21.9 Å². The number of amides is 1. The van der Waals surface area contributed by atoms with Crippen molar-refractivity contribution in [3.8, 4) is 0 Å². The van der Waals surface area contributed by atoms with Gasteiger partial charge in [0.05, 0.1) is 0 Å². The van der Waals surface area contributed by atoms with Crippen molar-refractivity contribution in [2.24, 2.45) is 0 Å². The molecule has 3 nitrogen and oxygen atoms in total. The number of carbonyl (C=O) groups excluding carboxylic acids is 2. The standard InChI is InChI=1S/C17H16FNO2S/c1-12(20)13-5-4-6-14(11-13)19-17(21)9-10-22-16-8-3-2-7-15(16)18/h2-8,11H,9-10H2,1H3,(H,19,21). The van der Waals surface area contributed by atoms with Gasteiger partial charge in [0.25, 0.3) is 0 Å². The number of rotatable bonds is 6. The molecule has 1 amide bonds. The zero-order chi connectivity index (χ0) is 15.9. The van der Waals surface area contributed by atoms with E-state index in [-0.39, 0.29) is 23.9 Å². The lowest BCUT2D eigenvalue weighted by molar-refractivity contribution is -0.115. The molecule has 0 fully saturated rings. The van der Waals surface area contributed by atoms with Gasteiger partial charge in [-0.1, -0.05) is 24.3 Å². The van der Waals surface area contributed by atoms with Gasteiger partial charge in [-0.3, -0.25) is 9.59 Å². The first-order chi connectivity index (χ1) is 10.6. The van der Waals surface area contributed by atoms with Crippen LogP contribution in [0.5, 0.6) is 0 Å². The van der Waals surface area contributed by atoms with Gasteiger partial charge < -0.3 is 5.32 Å². The molecule has 0 aliphatic carbocycles. The molecule has 0 atom stereocenters. The lowest BCUT2D eigenvalue weighted by atomic mass is 10.1. The van der Waals surface area contributed by atoms with Crippen LogP contribution < -0.4 is 5.32 Å². The van der Waals surface area contributed by atoms with Crippen molar-refractivity contribution in [3.05, 3.63) is 59.9 Å². The first-order valence-corrected chi connectivity index (χ1v) is 7.83. The third-order valence-corrected chi connectivity index (χ3v) is 4.03. The quantitative estimate of drug-likeness (QED) is 0.643. The van der Waals surface area contributed by atoms with E-state index >= 15 is 0 Å². The third kappa shape index (κ3) is 4.70. The molecule has 2 aromatic carbocycles. The Balaban J connectivity index is 1.84. The summed E-state index contributed by atoms with van der Waals surface area (Å²) >= 11 is 1.30. The predicted octanol–water partition coefficient (Wildman–Crippen LogP) is 4.15. The van der Waals surface area contributed by atoms with E-state index in [4.69, 9.17) is 0 Å². The van der Waals surface area contributed by atoms with Gasteiger partial charge in [-0.25, -0.2) is 4.39 Å². The minimum atomic E-state index is -0.276. The smallest absolute Gasteiger partial charge is 0.225 e. The average Bonchev–Trinajstić information content (AvgIpc) is 2.49. The van der Waals surface area contributed by atoms with E-state index in [1.165, 1.54) is 24.8 Å². The maximum absolute atomic E-state index is 13.4. The minimum absolute atomic E-state index is 0.0498. The molecule has 114 valence electrons. The number of anilines is 1. The van der Waals surface area contributed by atoms with Crippen molar-refractivity contribution in [3.63, 3.8) is 0 Å². The number of carbonyl (C=O) groups is 2. The SMILES string of the molecule is CC(=O)c1cccc(NC(=O)CCSc2ccccc2F)c1. The van der Waals surface area contributed by atoms with Gasteiger partial charge in [-0.05, 0) is 31.2 Å². The summed E-state index contributed by atoms with van der Waals surface area (Å²) in [7, 11) is 0. The first kappa shape index (κ1) is 16.2. The summed E-state index contributed by atoms with van der Waals surface area (Å²) in [5.41, 5.74) is 1.15. The molecular weight excluding hydrogens is 301 g/mol. The van der Waals surface area contributed by atoms with Gasteiger partial charge in [-0.2, -0.15) is 0 Å². The van der Waals surface area contributed by atoms with E-state index in [9.17, 15) is 14.0 Å². The fourth-order valence-corrected chi connectivity index (χ4v) is 2.74. The molecule has 0 bridgehead atoms. The van der Waals surface area contributed by atoms with Crippen LogP contribution >= 0.6 is 11.8 Å². The van der Waals surface area contributed by atoms with E-state index < -0.39 is 0 Å². The highest BCUT2D eigenvalue weighted by Crippen LogP contribution is 2.22. The van der Waals surface area contributed by atoms with Crippen molar-refractivity contribution in [1.82, 2.24) is 0 Å². The molecular formula is C17H16FNO2S. The predicted molar refractivity (Wildman–Crippen MR) is 86.8 cm³/mol. The molecule has 0 saturated heterocycles. The van der Waals surface area contributed by atoms with E-state index in [0.717, 1.165) is 0 Å². The second-order valence-electron chi connectivity index (χ2n) is 4.71. The Morgan fingerprint density at radius 2 is 1.91 bits per heavy atom. The number of halogens is 1. The average molecular weight is 317 g/mol. The normalized spacial score (nSPS) is 10.3. The number of Topliss-reactive ketones (excluding diaryl/α,β-unsaturated/α-hetero) is 1. The maximum Gasteiger partial charge on any atom is 0.225 e. The van der Waals surface area contributed by atoms with Crippen LogP contribution in [0, 0.1) is 5.82 Å². The summed E-state index contributed by atoms with van der Waals surface area (Å²) in [5, 5.41) is 2.74. The van der Waals surface area contributed by atoms with Crippen molar-refractivity contribution in [1.29, 1.82) is 0 Å². The molecule has 22 heavy (non-hydrogen) atoms. The molecule has 2 rings (SSSR count). The molecule has 2 aromatic rings. The van der Waals surface area contributed by atoms with Gasteiger partial charge in [-0.15, -0.1) is 11.8 Å². The van der Waals surface area contributed by atoms with Gasteiger partial charge >= 0.3 is 0 Å². The van der Waals surface area contributed by atoms with E-state index in [1.54, 1.807) is 42.5 Å². The number of benzene rings is 2. The highest BCUT2D eigenvalue weighted by molar-refractivity contribution is 7.99. The number of ketones is 1. The Kier molecular flexibility index (Phi) is 5.72. The molecule has 0 spiro atoms. The van der Waals surface area contributed by atoms with Crippen LogP contribution in [0.1, 0.15) is 23.7 Å². The maximum atomic E-state index is 13.4. The topological polar surface area (TPSA) is 46.2 Å². The Hall–Kier alpha value is -2.14. The van der Waals surface area contributed by atoms with Crippen molar-refractivity contribution >= 4 is 29.1 Å². The summed E-state index contributed by atoms with van der Waals surface area (Å²) < 4.78 is 13.4. The van der Waals surface area contributed by atoms with Gasteiger partial charge in [0.1, 0.15) is 5.82 Å². The summed E-state index contributed by atoms with van der Waals surface area (Å²) in [6.07, 6.45) is 0.267. The van der Waals surface area contributed by atoms with Crippen LogP contribution in [0.2, 0.25) is 0 Å². The molecule has 0 aliphatic rings. The molecule has 0 saturated carbocycles. The summed E-state index contributed by atoms with van der Waals surface area (Å²) in [4.78, 5) is 23.7. The number of nitrogens with one attached hydrogen (secondary N) is 1. The second-order valence-corrected chi connectivity index (χ2v) is 5.85. The molecule has 0 heterocycles. The van der Waals surface area contributed by atoms with Crippen LogP contribution in [0.25, 0.3) is 0 Å². The van der Waals surface area contributed by atoms with Gasteiger partial charge in [0.15, 0.2) is 5.78 Å². The lowest BCUT2D eigenvalue weighted by Crippen LogP contribution is -2.12. The highest BCUT2D eigenvalue weighted by atomic mass is 32.2. The van der Waals surface area contributed by atoms with Crippen LogP contribution in [0.15, 0.2) is 53.4 Å². The van der Waals surface area contributed by atoms with Gasteiger partial charge in [0, 0.05) is 28.3 Å². The Morgan fingerprint density at radius 3 is 2.64 bits per heavy atom. The molecule has 0 aliphatic heterocycles. The zero-order valence-corrected chi connectivity index (χ0v) is 13.0.